The molecule has 1 aromatic heterocycles. The summed E-state index contributed by atoms with van der Waals surface area (Å²) < 4.78 is 0. The minimum absolute atomic E-state index is 0. The Morgan fingerprint density at radius 3 is 2.89 bits per heavy atom. The number of hydrogen-bond acceptors (Lipinski definition) is 4. The fraction of sp³-hybridized carbons (Fsp3) is 0.550. The van der Waals surface area contributed by atoms with E-state index >= 15 is 0 Å². The molecule has 0 bridgehead atoms. The van der Waals surface area contributed by atoms with Crippen molar-refractivity contribution in [3.63, 3.8) is 0 Å². The van der Waals surface area contributed by atoms with Crippen molar-refractivity contribution in [2.45, 2.75) is 38.8 Å². The van der Waals surface area contributed by atoms with Crippen LogP contribution in [0.4, 0.5) is 0 Å². The van der Waals surface area contributed by atoms with Gasteiger partial charge >= 0.3 is 0 Å². The smallest absolute Gasteiger partial charge is 0.189 e. The van der Waals surface area contributed by atoms with Crippen LogP contribution in [-0.2, 0) is 6.54 Å². The van der Waals surface area contributed by atoms with Crippen LogP contribution in [0.1, 0.15) is 30.5 Å². The maximum absolute atomic E-state index is 12.5. The molecule has 27 heavy (non-hydrogen) atoms. The number of H-pyrrole nitrogens is 1. The number of nitrogens with zero attached hydrogens (tertiary/aromatic N) is 1. The first-order valence-corrected chi connectivity index (χ1v) is 9.29. The van der Waals surface area contributed by atoms with Crippen molar-refractivity contribution in [3.8, 4) is 0 Å². The van der Waals surface area contributed by atoms with Gasteiger partial charge in [0.05, 0.1) is 6.61 Å². The Labute approximate surface area is 172 Å². The molecule has 3 heterocycles. The van der Waals surface area contributed by atoms with Crippen LogP contribution in [0, 0.1) is 12.3 Å². The van der Waals surface area contributed by atoms with Crippen LogP contribution in [0.2, 0.25) is 0 Å². The van der Waals surface area contributed by atoms with Gasteiger partial charge in [0.1, 0.15) is 0 Å². The number of fused-ring (bicyclic) bond motifs is 2. The molecule has 2 aromatic rings. The fourth-order valence-corrected chi connectivity index (χ4v) is 4.66. The van der Waals surface area contributed by atoms with Gasteiger partial charge in [-0.1, -0.05) is 11.6 Å². The molecule has 0 aliphatic carbocycles. The van der Waals surface area contributed by atoms with Crippen LogP contribution in [-0.4, -0.2) is 47.3 Å². The number of halogens is 2. The van der Waals surface area contributed by atoms with E-state index in [0.29, 0.717) is 6.04 Å². The summed E-state index contributed by atoms with van der Waals surface area (Å²) in [5.41, 5.74) is 3.00. The van der Waals surface area contributed by atoms with Crippen LogP contribution >= 0.6 is 24.8 Å². The van der Waals surface area contributed by atoms with Crippen molar-refractivity contribution in [2.24, 2.45) is 5.41 Å². The topological polar surface area (TPSA) is 68.4 Å². The second kappa shape index (κ2) is 8.93. The van der Waals surface area contributed by atoms with Crippen LogP contribution in [0.25, 0.3) is 10.9 Å². The molecule has 3 N–H and O–H groups in total. The first-order chi connectivity index (χ1) is 12.1. The highest BCUT2D eigenvalue weighted by atomic mass is 35.5. The summed E-state index contributed by atoms with van der Waals surface area (Å²) in [6, 6.07) is 8.11. The lowest BCUT2D eigenvalue weighted by molar-refractivity contribution is -0.0226. The Balaban J connectivity index is 0.00000131. The monoisotopic (exact) mass is 413 g/mol. The molecule has 2 aliphatic rings. The largest absolute Gasteiger partial charge is 0.396 e. The lowest BCUT2D eigenvalue weighted by Gasteiger charge is -2.50. The van der Waals surface area contributed by atoms with Gasteiger partial charge in [-0.2, -0.15) is 0 Å². The van der Waals surface area contributed by atoms with Crippen molar-refractivity contribution in [1.82, 2.24) is 15.2 Å². The summed E-state index contributed by atoms with van der Waals surface area (Å²) in [6.45, 7) is 5.90. The van der Waals surface area contributed by atoms with Gasteiger partial charge in [-0.3, -0.25) is 9.69 Å². The van der Waals surface area contributed by atoms with Gasteiger partial charge in [0, 0.05) is 53.8 Å². The van der Waals surface area contributed by atoms with E-state index in [9.17, 15) is 9.90 Å². The number of rotatable bonds is 3. The Bertz CT molecular complexity index is 842. The summed E-state index contributed by atoms with van der Waals surface area (Å²) >= 11 is 0. The van der Waals surface area contributed by atoms with E-state index in [1.54, 1.807) is 6.07 Å². The Kier molecular flexibility index (Phi) is 7.33. The van der Waals surface area contributed by atoms with Crippen molar-refractivity contribution in [3.05, 3.63) is 45.7 Å². The number of aryl methyl sites for hydroxylation is 1. The van der Waals surface area contributed by atoms with Crippen molar-refractivity contribution in [1.29, 1.82) is 0 Å². The van der Waals surface area contributed by atoms with E-state index in [2.05, 4.69) is 15.2 Å². The van der Waals surface area contributed by atoms with Crippen LogP contribution < -0.4 is 10.7 Å². The molecule has 0 radical (unpaired) electrons. The second-order valence-corrected chi connectivity index (χ2v) is 7.84. The number of aromatic nitrogens is 1. The molecule has 5 nitrogen and oxygen atoms in total. The maximum Gasteiger partial charge on any atom is 0.189 e. The number of hydrogen-bond donors (Lipinski definition) is 3. The summed E-state index contributed by atoms with van der Waals surface area (Å²) in [5, 5.41) is 14.4. The van der Waals surface area contributed by atoms with Crippen LogP contribution in [0.5, 0.6) is 0 Å². The van der Waals surface area contributed by atoms with E-state index < -0.39 is 0 Å². The van der Waals surface area contributed by atoms with E-state index in [1.807, 2.05) is 25.1 Å². The van der Waals surface area contributed by atoms with Gasteiger partial charge in [-0.15, -0.1) is 24.8 Å². The van der Waals surface area contributed by atoms with Crippen LogP contribution in [0.15, 0.2) is 29.1 Å². The molecule has 150 valence electrons. The van der Waals surface area contributed by atoms with Crippen molar-refractivity contribution in [2.75, 3.05) is 26.2 Å². The molecule has 0 spiro atoms. The molecular weight excluding hydrogens is 385 g/mol. The average Bonchev–Trinajstić information content (AvgIpc) is 2.62. The highest BCUT2D eigenvalue weighted by Gasteiger charge is 2.44. The Morgan fingerprint density at radius 2 is 2.11 bits per heavy atom. The van der Waals surface area contributed by atoms with Crippen molar-refractivity contribution < 1.29 is 5.11 Å². The zero-order valence-corrected chi connectivity index (χ0v) is 17.3. The standard InChI is InChI=1S/C20H27N3O2.2ClH/c1-14-3-4-17-16(9-14)18(25)10-15(22-17)11-23-8-5-19-20(12-23,13-24)6-2-7-21-19;;/h3-4,9-10,19,21,24H,2,5-8,11-13H2,1H3,(H,22,25);2*1H/t19-,20-;;/m1../s1. The zero-order valence-electron chi connectivity index (χ0n) is 15.7. The second-order valence-electron chi connectivity index (χ2n) is 7.84. The quantitative estimate of drug-likeness (QED) is 0.723. The van der Waals surface area contributed by atoms with Crippen molar-refractivity contribution >= 4 is 35.7 Å². The van der Waals surface area contributed by atoms with Gasteiger partial charge in [0.2, 0.25) is 0 Å². The molecule has 0 saturated carbocycles. The third-order valence-corrected chi connectivity index (χ3v) is 6.00. The molecular formula is C20H29Cl2N3O2. The molecule has 0 unspecified atom stereocenters. The summed E-state index contributed by atoms with van der Waals surface area (Å²) in [5.74, 6) is 0. The predicted molar refractivity (Wildman–Crippen MR) is 114 cm³/mol. The van der Waals surface area contributed by atoms with E-state index in [4.69, 9.17) is 0 Å². The third-order valence-electron chi connectivity index (χ3n) is 6.00. The first kappa shape index (κ1) is 22.2. The number of likely N-dealkylation sites (tertiary alicyclic amines) is 1. The molecule has 2 atom stereocenters. The zero-order chi connectivity index (χ0) is 17.4. The molecule has 2 fully saturated rings. The summed E-state index contributed by atoms with van der Waals surface area (Å²) in [7, 11) is 0. The number of benzene rings is 1. The molecule has 4 rings (SSSR count). The number of piperidine rings is 2. The summed E-state index contributed by atoms with van der Waals surface area (Å²) in [6.07, 6.45) is 3.25. The predicted octanol–water partition coefficient (Wildman–Crippen LogP) is 2.62. The van der Waals surface area contributed by atoms with Crippen LogP contribution in [0.3, 0.4) is 0 Å². The van der Waals surface area contributed by atoms with Gasteiger partial charge in [0.15, 0.2) is 5.43 Å². The third kappa shape index (κ3) is 4.33. The molecule has 0 amide bonds. The highest BCUT2D eigenvalue weighted by Crippen LogP contribution is 2.37. The summed E-state index contributed by atoms with van der Waals surface area (Å²) in [4.78, 5) is 18.3. The number of nitrogens with one attached hydrogen (secondary N) is 2. The maximum atomic E-state index is 12.5. The normalized spacial score (nSPS) is 25.3. The molecule has 2 aliphatic heterocycles. The number of aliphatic hydroxyl groups excluding tert-OH is 1. The van der Waals surface area contributed by atoms with Gasteiger partial charge in [0.25, 0.3) is 0 Å². The number of pyridine rings is 1. The van der Waals surface area contributed by atoms with E-state index in [-0.39, 0.29) is 42.3 Å². The van der Waals surface area contributed by atoms with E-state index in [0.717, 1.165) is 67.6 Å². The van der Waals surface area contributed by atoms with Gasteiger partial charge < -0.3 is 15.4 Å². The fourth-order valence-electron chi connectivity index (χ4n) is 4.66. The first-order valence-electron chi connectivity index (χ1n) is 9.29. The average molecular weight is 414 g/mol. The molecule has 7 heteroatoms. The Morgan fingerprint density at radius 1 is 1.30 bits per heavy atom. The number of aliphatic hydroxyl groups is 1. The molecule has 1 aromatic carbocycles. The lowest BCUT2D eigenvalue weighted by Crippen LogP contribution is -2.61. The minimum atomic E-state index is -0.0369. The van der Waals surface area contributed by atoms with Gasteiger partial charge in [-0.05, 0) is 44.9 Å². The highest BCUT2D eigenvalue weighted by molar-refractivity contribution is 5.85. The van der Waals surface area contributed by atoms with Gasteiger partial charge in [-0.25, -0.2) is 0 Å². The SMILES string of the molecule is Cc1ccc2[nH]c(CN3CC[C@H]4NCCC[C@]4(CO)C3)cc(=O)c2c1.Cl.Cl. The minimum Gasteiger partial charge on any atom is -0.396 e. The number of aromatic amines is 1. The Hall–Kier alpha value is -1.11. The van der Waals surface area contributed by atoms with E-state index in [1.165, 1.54) is 0 Å². The molecule has 2 saturated heterocycles. The lowest BCUT2D eigenvalue weighted by atomic mass is 9.71.